The number of para-hydroxylation sites is 1. The van der Waals surface area contributed by atoms with Crippen LogP contribution < -0.4 is 9.47 Å². The fourth-order valence-electron chi connectivity index (χ4n) is 3.09. The maximum atomic E-state index is 5.85. The molecular weight excluding hydrogens is 412 g/mol. The predicted molar refractivity (Wildman–Crippen MR) is 108 cm³/mol. The molecule has 6 heteroatoms. The standard InChI is InChI=1S/C20H19BrN2O2S/c1-24-19-7-6-15(21)10-17(19)20-22-16(13-26-20)12-23-8-9-25-18-5-3-2-4-14(18)11-23/h2-7,10,13H,8-9,11-12H2,1H3. The minimum Gasteiger partial charge on any atom is -0.496 e. The average Bonchev–Trinajstić information content (AvgIpc) is 3.01. The highest BCUT2D eigenvalue weighted by Gasteiger charge is 2.17. The normalized spacial score (nSPS) is 14.4. The topological polar surface area (TPSA) is 34.6 Å². The molecule has 0 aliphatic carbocycles. The number of methoxy groups -OCH3 is 1. The summed E-state index contributed by atoms with van der Waals surface area (Å²) in [7, 11) is 1.69. The van der Waals surface area contributed by atoms with Gasteiger partial charge in [-0.2, -0.15) is 0 Å². The summed E-state index contributed by atoms with van der Waals surface area (Å²) < 4.78 is 12.4. The molecule has 0 saturated carbocycles. The Kier molecular flexibility index (Phi) is 5.24. The van der Waals surface area contributed by atoms with E-state index in [-0.39, 0.29) is 0 Å². The molecule has 0 atom stereocenters. The third-order valence-electron chi connectivity index (χ3n) is 4.36. The summed E-state index contributed by atoms with van der Waals surface area (Å²) in [6, 6.07) is 14.2. The molecule has 1 aliphatic heterocycles. The van der Waals surface area contributed by atoms with Gasteiger partial charge in [-0.05, 0) is 24.3 Å². The summed E-state index contributed by atoms with van der Waals surface area (Å²) in [6.07, 6.45) is 0. The van der Waals surface area contributed by atoms with Gasteiger partial charge in [0, 0.05) is 35.1 Å². The van der Waals surface area contributed by atoms with Crippen molar-refractivity contribution in [2.75, 3.05) is 20.3 Å². The van der Waals surface area contributed by atoms with Crippen molar-refractivity contribution < 1.29 is 9.47 Å². The quantitative estimate of drug-likeness (QED) is 0.584. The zero-order chi connectivity index (χ0) is 17.9. The van der Waals surface area contributed by atoms with Crippen molar-refractivity contribution >= 4 is 27.3 Å². The van der Waals surface area contributed by atoms with Crippen LogP contribution in [0.25, 0.3) is 10.6 Å². The molecule has 1 aromatic heterocycles. The predicted octanol–water partition coefficient (Wildman–Crippen LogP) is 4.98. The number of hydrogen-bond acceptors (Lipinski definition) is 5. The van der Waals surface area contributed by atoms with E-state index in [1.54, 1.807) is 18.4 Å². The first-order valence-corrected chi connectivity index (χ1v) is 10.1. The van der Waals surface area contributed by atoms with Crippen LogP contribution in [0.15, 0.2) is 52.3 Å². The maximum absolute atomic E-state index is 5.85. The molecule has 0 unspecified atom stereocenters. The molecule has 3 aromatic rings. The number of halogens is 1. The van der Waals surface area contributed by atoms with E-state index < -0.39 is 0 Å². The summed E-state index contributed by atoms with van der Waals surface area (Å²) >= 11 is 5.18. The van der Waals surface area contributed by atoms with Gasteiger partial charge in [-0.1, -0.05) is 34.1 Å². The molecule has 2 aromatic carbocycles. The van der Waals surface area contributed by atoms with Gasteiger partial charge in [0.05, 0.1) is 18.4 Å². The van der Waals surface area contributed by atoms with Crippen molar-refractivity contribution in [3.63, 3.8) is 0 Å². The molecule has 0 radical (unpaired) electrons. The second kappa shape index (κ2) is 7.78. The van der Waals surface area contributed by atoms with Gasteiger partial charge in [-0.3, -0.25) is 4.90 Å². The molecule has 26 heavy (non-hydrogen) atoms. The number of rotatable bonds is 4. The van der Waals surface area contributed by atoms with Crippen molar-refractivity contribution in [3.05, 3.63) is 63.6 Å². The third-order valence-corrected chi connectivity index (χ3v) is 5.78. The fraction of sp³-hybridized carbons (Fsp3) is 0.250. The number of nitrogens with zero attached hydrogens (tertiary/aromatic N) is 2. The zero-order valence-corrected chi connectivity index (χ0v) is 16.8. The smallest absolute Gasteiger partial charge is 0.129 e. The second-order valence-electron chi connectivity index (χ2n) is 6.16. The Morgan fingerprint density at radius 3 is 3.04 bits per heavy atom. The first kappa shape index (κ1) is 17.5. The van der Waals surface area contributed by atoms with E-state index in [4.69, 9.17) is 14.5 Å². The molecule has 0 fully saturated rings. The highest BCUT2D eigenvalue weighted by Crippen LogP contribution is 2.35. The third kappa shape index (κ3) is 3.77. The molecule has 134 valence electrons. The monoisotopic (exact) mass is 430 g/mol. The van der Waals surface area contributed by atoms with Crippen molar-refractivity contribution in [2.45, 2.75) is 13.1 Å². The Morgan fingerprint density at radius 2 is 2.15 bits per heavy atom. The summed E-state index contributed by atoms with van der Waals surface area (Å²) in [6.45, 7) is 3.28. The minimum absolute atomic E-state index is 0.702. The van der Waals surface area contributed by atoms with Crippen LogP contribution in [-0.4, -0.2) is 30.1 Å². The van der Waals surface area contributed by atoms with Crippen LogP contribution in [0.1, 0.15) is 11.3 Å². The van der Waals surface area contributed by atoms with Crippen LogP contribution in [0, 0.1) is 0 Å². The lowest BCUT2D eigenvalue weighted by atomic mass is 10.2. The number of ether oxygens (including phenoxy) is 2. The first-order chi connectivity index (χ1) is 12.7. The number of thiazole rings is 1. The van der Waals surface area contributed by atoms with Gasteiger partial charge in [0.2, 0.25) is 0 Å². The SMILES string of the molecule is COc1ccc(Br)cc1-c1nc(CN2CCOc3ccccc3C2)cs1. The van der Waals surface area contributed by atoms with Crippen molar-refractivity contribution in [3.8, 4) is 22.1 Å². The van der Waals surface area contributed by atoms with Crippen LogP contribution in [0.4, 0.5) is 0 Å². The van der Waals surface area contributed by atoms with Crippen LogP contribution in [0.5, 0.6) is 11.5 Å². The molecule has 1 aliphatic rings. The molecule has 0 amide bonds. The summed E-state index contributed by atoms with van der Waals surface area (Å²) in [5.74, 6) is 1.83. The molecular formula is C20H19BrN2O2S. The lowest BCUT2D eigenvalue weighted by molar-refractivity contribution is 0.218. The van der Waals surface area contributed by atoms with E-state index in [0.29, 0.717) is 6.61 Å². The fourth-order valence-corrected chi connectivity index (χ4v) is 4.29. The van der Waals surface area contributed by atoms with E-state index in [1.165, 1.54) is 5.56 Å². The lowest BCUT2D eigenvalue weighted by Gasteiger charge is -2.17. The minimum atomic E-state index is 0.702. The number of aromatic nitrogens is 1. The summed E-state index contributed by atoms with van der Waals surface area (Å²) in [4.78, 5) is 7.22. The van der Waals surface area contributed by atoms with Gasteiger partial charge in [0.1, 0.15) is 23.1 Å². The van der Waals surface area contributed by atoms with Crippen molar-refractivity contribution in [1.29, 1.82) is 0 Å². The first-order valence-electron chi connectivity index (χ1n) is 8.44. The van der Waals surface area contributed by atoms with E-state index in [2.05, 4.69) is 44.4 Å². The van der Waals surface area contributed by atoms with E-state index in [9.17, 15) is 0 Å². The Balaban J connectivity index is 1.53. The van der Waals surface area contributed by atoms with Crippen molar-refractivity contribution in [1.82, 2.24) is 9.88 Å². The highest BCUT2D eigenvalue weighted by atomic mass is 79.9. The Morgan fingerprint density at radius 1 is 1.27 bits per heavy atom. The van der Waals surface area contributed by atoms with Gasteiger partial charge in [0.25, 0.3) is 0 Å². The van der Waals surface area contributed by atoms with Crippen LogP contribution in [-0.2, 0) is 13.1 Å². The van der Waals surface area contributed by atoms with E-state index >= 15 is 0 Å². The molecule has 4 rings (SSSR count). The number of benzene rings is 2. The van der Waals surface area contributed by atoms with Crippen LogP contribution >= 0.6 is 27.3 Å². The van der Waals surface area contributed by atoms with Gasteiger partial charge in [-0.25, -0.2) is 4.98 Å². The van der Waals surface area contributed by atoms with E-state index in [0.717, 1.165) is 51.9 Å². The summed E-state index contributed by atoms with van der Waals surface area (Å²) in [5, 5.41) is 3.11. The van der Waals surface area contributed by atoms with Crippen molar-refractivity contribution in [2.24, 2.45) is 0 Å². The average molecular weight is 431 g/mol. The van der Waals surface area contributed by atoms with Gasteiger partial charge in [-0.15, -0.1) is 11.3 Å². The van der Waals surface area contributed by atoms with Gasteiger partial charge < -0.3 is 9.47 Å². The van der Waals surface area contributed by atoms with Gasteiger partial charge >= 0.3 is 0 Å². The van der Waals surface area contributed by atoms with Gasteiger partial charge in [0.15, 0.2) is 0 Å². The zero-order valence-electron chi connectivity index (χ0n) is 14.4. The molecule has 0 N–H and O–H groups in total. The van der Waals surface area contributed by atoms with Crippen LogP contribution in [0.2, 0.25) is 0 Å². The molecule has 0 bridgehead atoms. The Hall–Kier alpha value is -1.89. The molecule has 4 nitrogen and oxygen atoms in total. The molecule has 0 saturated heterocycles. The highest BCUT2D eigenvalue weighted by molar-refractivity contribution is 9.10. The number of hydrogen-bond donors (Lipinski definition) is 0. The summed E-state index contributed by atoms with van der Waals surface area (Å²) in [5.41, 5.74) is 3.32. The Labute approximate surface area is 165 Å². The molecule has 0 spiro atoms. The maximum Gasteiger partial charge on any atom is 0.129 e. The Bertz CT molecular complexity index is 912. The lowest BCUT2D eigenvalue weighted by Crippen LogP contribution is -2.25. The van der Waals surface area contributed by atoms with Crippen LogP contribution in [0.3, 0.4) is 0 Å². The number of fused-ring (bicyclic) bond motifs is 1. The second-order valence-corrected chi connectivity index (χ2v) is 7.93. The van der Waals surface area contributed by atoms with E-state index in [1.807, 2.05) is 24.3 Å². The largest absolute Gasteiger partial charge is 0.496 e. The molecule has 2 heterocycles.